The minimum atomic E-state index is -0.178. The van der Waals surface area contributed by atoms with Crippen LogP contribution in [0.5, 0.6) is 0 Å². The number of nitrogens with zero attached hydrogens (tertiary/aromatic N) is 1. The van der Waals surface area contributed by atoms with Crippen molar-refractivity contribution in [3.63, 3.8) is 0 Å². The summed E-state index contributed by atoms with van der Waals surface area (Å²) in [7, 11) is 0. The summed E-state index contributed by atoms with van der Waals surface area (Å²) in [5.41, 5.74) is 0.576. The van der Waals surface area contributed by atoms with Gasteiger partial charge in [-0.3, -0.25) is 9.59 Å². The Morgan fingerprint density at radius 2 is 1.91 bits per heavy atom. The largest absolute Gasteiger partial charge is 0.356 e. The zero-order valence-electron chi connectivity index (χ0n) is 11.8. The highest BCUT2D eigenvalue weighted by molar-refractivity contribution is 9.10. The molecule has 22 heavy (non-hydrogen) atoms. The Hall–Kier alpha value is -1.73. The molecule has 1 aromatic carbocycles. The second kappa shape index (κ2) is 8.65. The van der Waals surface area contributed by atoms with Gasteiger partial charge in [-0.2, -0.15) is 0 Å². The Kier molecular flexibility index (Phi) is 6.54. The maximum atomic E-state index is 11.8. The van der Waals surface area contributed by atoms with Gasteiger partial charge in [-0.25, -0.2) is 4.98 Å². The number of thiazole rings is 1. The van der Waals surface area contributed by atoms with Crippen LogP contribution in [0.15, 0.2) is 40.3 Å². The number of hydrogen-bond donors (Lipinski definition) is 2. The highest BCUT2D eigenvalue weighted by atomic mass is 79.9. The highest BCUT2D eigenvalue weighted by Crippen LogP contribution is 2.10. The molecule has 5 nitrogen and oxygen atoms in total. The maximum Gasteiger partial charge on any atom is 0.251 e. The fraction of sp³-hybridized carbons (Fsp3) is 0.267. The van der Waals surface area contributed by atoms with E-state index in [1.165, 1.54) is 0 Å². The number of carbonyl (C=O) groups is 2. The number of nitrogens with one attached hydrogen (secondary N) is 2. The van der Waals surface area contributed by atoms with E-state index in [1.54, 1.807) is 41.8 Å². The van der Waals surface area contributed by atoms with Crippen LogP contribution in [-0.4, -0.2) is 29.9 Å². The van der Waals surface area contributed by atoms with Crippen LogP contribution in [0.4, 0.5) is 0 Å². The van der Waals surface area contributed by atoms with Gasteiger partial charge >= 0.3 is 0 Å². The number of benzene rings is 1. The molecule has 0 unspecified atom stereocenters. The molecule has 0 spiro atoms. The lowest BCUT2D eigenvalue weighted by molar-refractivity contribution is -0.120. The van der Waals surface area contributed by atoms with E-state index in [0.717, 1.165) is 15.9 Å². The minimum absolute atomic E-state index is 0.0762. The standard InChI is InChI=1S/C15H16BrN3O2S/c16-12-3-1-11(2-4-12)15(21)19-7-5-13(20)17-8-6-14-18-9-10-22-14/h1-4,9-10H,5-8H2,(H,17,20)(H,19,21). The van der Waals surface area contributed by atoms with Crippen molar-refractivity contribution in [2.24, 2.45) is 0 Å². The number of carbonyl (C=O) groups excluding carboxylic acids is 2. The van der Waals surface area contributed by atoms with Gasteiger partial charge in [0, 0.05) is 47.5 Å². The third-order valence-corrected chi connectivity index (χ3v) is 4.26. The van der Waals surface area contributed by atoms with E-state index < -0.39 is 0 Å². The lowest BCUT2D eigenvalue weighted by atomic mass is 10.2. The van der Waals surface area contributed by atoms with Crippen LogP contribution < -0.4 is 10.6 Å². The zero-order valence-corrected chi connectivity index (χ0v) is 14.2. The fourth-order valence-corrected chi connectivity index (χ4v) is 2.65. The summed E-state index contributed by atoms with van der Waals surface area (Å²) in [4.78, 5) is 27.6. The van der Waals surface area contributed by atoms with E-state index in [-0.39, 0.29) is 18.2 Å². The number of amides is 2. The molecule has 1 heterocycles. The predicted molar refractivity (Wildman–Crippen MR) is 89.9 cm³/mol. The van der Waals surface area contributed by atoms with E-state index >= 15 is 0 Å². The van der Waals surface area contributed by atoms with Gasteiger partial charge in [0.05, 0.1) is 5.01 Å². The van der Waals surface area contributed by atoms with E-state index in [9.17, 15) is 9.59 Å². The molecule has 0 aliphatic carbocycles. The SMILES string of the molecule is O=C(CCNC(=O)c1ccc(Br)cc1)NCCc1nccs1. The smallest absolute Gasteiger partial charge is 0.251 e. The molecule has 0 radical (unpaired) electrons. The normalized spacial score (nSPS) is 10.2. The van der Waals surface area contributed by atoms with Crippen molar-refractivity contribution in [2.75, 3.05) is 13.1 Å². The fourth-order valence-electron chi connectivity index (χ4n) is 1.77. The van der Waals surface area contributed by atoms with Crippen molar-refractivity contribution in [1.82, 2.24) is 15.6 Å². The summed E-state index contributed by atoms with van der Waals surface area (Å²) in [6, 6.07) is 7.07. The molecule has 2 amide bonds. The Morgan fingerprint density at radius 3 is 2.59 bits per heavy atom. The molecule has 0 bridgehead atoms. The van der Waals surface area contributed by atoms with Crippen molar-refractivity contribution in [1.29, 1.82) is 0 Å². The lowest BCUT2D eigenvalue weighted by Gasteiger charge is -2.06. The van der Waals surface area contributed by atoms with Crippen LogP contribution in [0.2, 0.25) is 0 Å². The van der Waals surface area contributed by atoms with Crippen LogP contribution in [0, 0.1) is 0 Å². The van der Waals surface area contributed by atoms with Gasteiger partial charge in [-0.05, 0) is 24.3 Å². The molecule has 0 saturated heterocycles. The van der Waals surface area contributed by atoms with Crippen molar-refractivity contribution in [2.45, 2.75) is 12.8 Å². The number of hydrogen-bond acceptors (Lipinski definition) is 4. The van der Waals surface area contributed by atoms with Gasteiger partial charge < -0.3 is 10.6 Å². The first-order valence-electron chi connectivity index (χ1n) is 6.84. The van der Waals surface area contributed by atoms with Gasteiger partial charge in [0.2, 0.25) is 5.91 Å². The van der Waals surface area contributed by atoms with E-state index in [1.807, 2.05) is 5.38 Å². The average molecular weight is 382 g/mol. The van der Waals surface area contributed by atoms with E-state index in [4.69, 9.17) is 0 Å². The van der Waals surface area contributed by atoms with Crippen molar-refractivity contribution < 1.29 is 9.59 Å². The number of halogens is 1. The number of aromatic nitrogens is 1. The van der Waals surface area contributed by atoms with Crippen LogP contribution in [0.3, 0.4) is 0 Å². The Morgan fingerprint density at radius 1 is 1.14 bits per heavy atom. The zero-order chi connectivity index (χ0) is 15.8. The molecule has 0 saturated carbocycles. The molecular weight excluding hydrogens is 366 g/mol. The monoisotopic (exact) mass is 381 g/mol. The summed E-state index contributed by atoms with van der Waals surface area (Å²) >= 11 is 4.89. The molecule has 2 N–H and O–H groups in total. The molecule has 0 aliphatic rings. The Balaban J connectivity index is 1.62. The molecule has 7 heteroatoms. The van der Waals surface area contributed by atoms with Crippen LogP contribution in [0.25, 0.3) is 0 Å². The minimum Gasteiger partial charge on any atom is -0.356 e. The second-order valence-electron chi connectivity index (χ2n) is 4.54. The molecule has 0 fully saturated rings. The first-order valence-corrected chi connectivity index (χ1v) is 8.51. The Labute approximate surface area is 141 Å². The Bertz CT molecular complexity index is 614. The predicted octanol–water partition coefficient (Wildman–Crippen LogP) is 2.38. The van der Waals surface area contributed by atoms with Crippen LogP contribution in [0.1, 0.15) is 21.8 Å². The van der Waals surface area contributed by atoms with Gasteiger partial charge in [0.15, 0.2) is 0 Å². The quantitative estimate of drug-likeness (QED) is 0.773. The summed E-state index contributed by atoms with van der Waals surface area (Å²) in [6.07, 6.45) is 2.74. The van der Waals surface area contributed by atoms with Gasteiger partial charge in [-0.15, -0.1) is 11.3 Å². The molecule has 0 aliphatic heterocycles. The molecule has 0 atom stereocenters. The van der Waals surface area contributed by atoms with Crippen molar-refractivity contribution in [3.8, 4) is 0 Å². The van der Waals surface area contributed by atoms with Gasteiger partial charge in [0.1, 0.15) is 0 Å². The topological polar surface area (TPSA) is 71.1 Å². The van der Waals surface area contributed by atoms with E-state index in [0.29, 0.717) is 18.7 Å². The first kappa shape index (κ1) is 16.6. The summed E-state index contributed by atoms with van der Waals surface area (Å²) in [5.74, 6) is -0.254. The van der Waals surface area contributed by atoms with Gasteiger partial charge in [0.25, 0.3) is 5.91 Å². The summed E-state index contributed by atoms with van der Waals surface area (Å²) < 4.78 is 0.920. The lowest BCUT2D eigenvalue weighted by Crippen LogP contribution is -2.31. The van der Waals surface area contributed by atoms with Gasteiger partial charge in [-0.1, -0.05) is 15.9 Å². The maximum absolute atomic E-state index is 11.8. The second-order valence-corrected chi connectivity index (χ2v) is 6.43. The van der Waals surface area contributed by atoms with Crippen molar-refractivity contribution >= 4 is 39.1 Å². The molecule has 116 valence electrons. The molecule has 2 aromatic rings. The van der Waals surface area contributed by atoms with E-state index in [2.05, 4.69) is 31.5 Å². The molecule has 2 rings (SSSR count). The van der Waals surface area contributed by atoms with Crippen molar-refractivity contribution in [3.05, 3.63) is 50.9 Å². The third-order valence-electron chi connectivity index (χ3n) is 2.89. The number of rotatable bonds is 7. The third kappa shape index (κ3) is 5.57. The summed E-state index contributed by atoms with van der Waals surface area (Å²) in [5, 5.41) is 8.46. The summed E-state index contributed by atoms with van der Waals surface area (Å²) in [6.45, 7) is 0.880. The molecule has 1 aromatic heterocycles. The average Bonchev–Trinajstić information content (AvgIpc) is 3.01. The first-order chi connectivity index (χ1) is 10.6. The highest BCUT2D eigenvalue weighted by Gasteiger charge is 2.06. The molecular formula is C15H16BrN3O2S. The van der Waals surface area contributed by atoms with Crippen LogP contribution >= 0.6 is 27.3 Å². The van der Waals surface area contributed by atoms with Crippen LogP contribution in [-0.2, 0) is 11.2 Å².